The van der Waals surface area contributed by atoms with Gasteiger partial charge in [0.15, 0.2) is 0 Å². The molecular weight excluding hydrogens is 434 g/mol. The molecule has 0 aliphatic carbocycles. The molecule has 0 N–H and O–H groups in total. The first-order valence-electron chi connectivity index (χ1n) is 11.0. The van der Waals surface area contributed by atoms with Crippen LogP contribution in [0.5, 0.6) is 0 Å². The van der Waals surface area contributed by atoms with Crippen LogP contribution in [0.2, 0.25) is 0 Å². The normalized spacial score (nSPS) is 25.4. The summed E-state index contributed by atoms with van der Waals surface area (Å²) in [4.78, 5) is 15.5. The second-order valence-electron chi connectivity index (χ2n) is 8.43. The Labute approximate surface area is 188 Å². The third kappa shape index (κ3) is 4.92. The fourth-order valence-electron chi connectivity index (χ4n) is 4.70. The lowest BCUT2D eigenvalue weighted by Gasteiger charge is -2.37. The maximum absolute atomic E-state index is 13.4. The number of piperidine rings is 1. The molecule has 1 aromatic rings. The zero-order chi connectivity index (χ0) is 21.8. The van der Waals surface area contributed by atoms with E-state index in [1.54, 1.807) is 12.1 Å². The lowest BCUT2D eigenvalue weighted by atomic mass is 9.95. The topological polar surface area (TPSA) is 90.7 Å². The number of thioether (sulfide) groups is 1. The zero-order valence-electron chi connectivity index (χ0n) is 17.6. The van der Waals surface area contributed by atoms with Gasteiger partial charge in [-0.3, -0.25) is 4.79 Å². The molecule has 2 unspecified atom stereocenters. The van der Waals surface area contributed by atoms with E-state index in [-0.39, 0.29) is 34.4 Å². The van der Waals surface area contributed by atoms with E-state index in [1.165, 1.54) is 16.4 Å². The van der Waals surface area contributed by atoms with E-state index in [2.05, 4.69) is 0 Å². The Balaban J connectivity index is 1.43. The number of amides is 1. The van der Waals surface area contributed by atoms with E-state index in [4.69, 9.17) is 4.74 Å². The van der Waals surface area contributed by atoms with Crippen LogP contribution in [0.15, 0.2) is 29.2 Å². The molecule has 3 aliphatic rings. The summed E-state index contributed by atoms with van der Waals surface area (Å²) in [5.74, 6) is 2.04. The summed E-state index contributed by atoms with van der Waals surface area (Å²) in [6.45, 7) is 2.02. The maximum Gasteiger partial charge on any atom is 0.244 e. The first-order chi connectivity index (χ1) is 15.0. The molecule has 0 aromatic heterocycles. The number of ether oxygens (including phenoxy) is 1. The number of hydrogen-bond acceptors (Lipinski definition) is 6. The predicted octanol–water partition coefficient (Wildman–Crippen LogP) is 2.47. The number of hydrogen-bond donors (Lipinski definition) is 0. The lowest BCUT2D eigenvalue weighted by molar-refractivity contribution is -0.140. The number of nitrogens with zero attached hydrogens (tertiary/aromatic N) is 3. The van der Waals surface area contributed by atoms with Crippen molar-refractivity contribution < 1.29 is 17.9 Å². The minimum atomic E-state index is -3.75. The smallest absolute Gasteiger partial charge is 0.244 e. The van der Waals surface area contributed by atoms with E-state index in [9.17, 15) is 18.5 Å². The number of benzene rings is 1. The summed E-state index contributed by atoms with van der Waals surface area (Å²) < 4.78 is 33.4. The summed E-state index contributed by atoms with van der Waals surface area (Å²) in [7, 11) is -3.75. The molecule has 3 heterocycles. The van der Waals surface area contributed by atoms with Gasteiger partial charge in [-0.15, -0.1) is 0 Å². The Kier molecular flexibility index (Phi) is 7.22. The molecule has 0 bridgehead atoms. The van der Waals surface area contributed by atoms with Crippen LogP contribution in [0.1, 0.15) is 37.7 Å². The lowest BCUT2D eigenvalue weighted by Crippen LogP contribution is -2.50. The average molecular weight is 464 g/mol. The Hall–Kier alpha value is -1.60. The van der Waals surface area contributed by atoms with Crippen molar-refractivity contribution >= 4 is 27.7 Å². The van der Waals surface area contributed by atoms with Crippen LogP contribution < -0.4 is 0 Å². The van der Waals surface area contributed by atoms with Gasteiger partial charge in [-0.2, -0.15) is 21.3 Å². The summed E-state index contributed by atoms with van der Waals surface area (Å²) in [5.41, 5.74) is 0.155. The van der Waals surface area contributed by atoms with E-state index in [1.807, 2.05) is 22.7 Å². The van der Waals surface area contributed by atoms with E-state index < -0.39 is 10.0 Å². The number of rotatable bonds is 6. The van der Waals surface area contributed by atoms with Gasteiger partial charge in [0.1, 0.15) is 6.07 Å². The quantitative estimate of drug-likeness (QED) is 0.644. The average Bonchev–Trinajstić information content (AvgIpc) is 3.51. The molecule has 3 saturated heterocycles. The van der Waals surface area contributed by atoms with Crippen LogP contribution in [0.4, 0.5) is 0 Å². The molecule has 0 spiro atoms. The van der Waals surface area contributed by atoms with Gasteiger partial charge < -0.3 is 9.64 Å². The molecule has 0 radical (unpaired) electrons. The Bertz CT molecular complexity index is 926. The van der Waals surface area contributed by atoms with Crippen molar-refractivity contribution in [3.05, 3.63) is 29.8 Å². The molecule has 31 heavy (non-hydrogen) atoms. The van der Waals surface area contributed by atoms with Crippen molar-refractivity contribution in [1.29, 1.82) is 5.26 Å². The fraction of sp³-hybridized carbons (Fsp3) is 0.636. The van der Waals surface area contributed by atoms with Gasteiger partial charge >= 0.3 is 0 Å². The standard InChI is InChI=1S/C22H29N3O4S2/c23-14-18-4-1-2-6-21(18)31(27,28)24-10-7-17(8-11-24)22(26)25(19-9-13-30-16-19)15-20-5-3-12-29-20/h1-2,4,6,17,19-20H,3,5,7-13,15-16H2. The first kappa shape index (κ1) is 22.6. The fourth-order valence-corrected chi connectivity index (χ4v) is 7.53. The molecule has 0 saturated carbocycles. The van der Waals surface area contributed by atoms with E-state index in [0.29, 0.717) is 32.5 Å². The van der Waals surface area contributed by atoms with Crippen molar-refractivity contribution in [2.24, 2.45) is 5.92 Å². The third-order valence-electron chi connectivity index (χ3n) is 6.48. The highest BCUT2D eigenvalue weighted by atomic mass is 32.2. The highest BCUT2D eigenvalue weighted by Gasteiger charge is 2.38. The molecule has 2 atom stereocenters. The summed E-state index contributed by atoms with van der Waals surface area (Å²) in [5, 5.41) is 9.28. The molecule has 1 aromatic carbocycles. The molecule has 7 nitrogen and oxygen atoms in total. The van der Waals surface area contributed by atoms with Crippen molar-refractivity contribution in [1.82, 2.24) is 9.21 Å². The minimum Gasteiger partial charge on any atom is -0.376 e. The van der Waals surface area contributed by atoms with Gasteiger partial charge in [0, 0.05) is 44.0 Å². The van der Waals surface area contributed by atoms with Gasteiger partial charge in [-0.1, -0.05) is 12.1 Å². The van der Waals surface area contributed by atoms with Gasteiger partial charge in [-0.05, 0) is 50.0 Å². The maximum atomic E-state index is 13.4. The molecule has 9 heteroatoms. The van der Waals surface area contributed by atoms with Crippen LogP contribution >= 0.6 is 11.8 Å². The van der Waals surface area contributed by atoms with Crippen LogP contribution in [-0.4, -0.2) is 73.4 Å². The van der Waals surface area contributed by atoms with E-state index >= 15 is 0 Å². The highest BCUT2D eigenvalue weighted by molar-refractivity contribution is 7.99. The monoisotopic (exact) mass is 463 g/mol. The second kappa shape index (κ2) is 9.90. The van der Waals surface area contributed by atoms with Crippen LogP contribution in [0.3, 0.4) is 0 Å². The van der Waals surface area contributed by atoms with Gasteiger partial charge in [0.05, 0.1) is 16.6 Å². The molecule has 168 valence electrons. The first-order valence-corrected chi connectivity index (χ1v) is 13.6. The molecule has 3 fully saturated rings. The van der Waals surface area contributed by atoms with E-state index in [0.717, 1.165) is 37.4 Å². The third-order valence-corrected chi connectivity index (χ3v) is 9.58. The van der Waals surface area contributed by atoms with Crippen molar-refractivity contribution in [3.8, 4) is 6.07 Å². The minimum absolute atomic E-state index is 0.0465. The number of carbonyl (C=O) groups is 1. The summed E-state index contributed by atoms with van der Waals surface area (Å²) in [6, 6.07) is 8.51. The number of nitriles is 1. The van der Waals surface area contributed by atoms with Crippen LogP contribution in [0, 0.1) is 17.2 Å². The van der Waals surface area contributed by atoms with Crippen LogP contribution in [0.25, 0.3) is 0 Å². The molecule has 4 rings (SSSR count). The van der Waals surface area contributed by atoms with Crippen molar-refractivity contribution in [2.75, 3.05) is 37.7 Å². The number of carbonyl (C=O) groups excluding carboxylic acids is 1. The number of sulfonamides is 1. The predicted molar refractivity (Wildman–Crippen MR) is 119 cm³/mol. The summed E-state index contributed by atoms with van der Waals surface area (Å²) >= 11 is 1.89. The molecule has 1 amide bonds. The van der Waals surface area contributed by atoms with Crippen molar-refractivity contribution in [2.45, 2.75) is 49.1 Å². The SMILES string of the molecule is N#Cc1ccccc1S(=O)(=O)N1CCC(C(=O)N(CC2CCCO2)C2CCSC2)CC1. The molecule has 3 aliphatic heterocycles. The Morgan fingerprint density at radius 1 is 1.23 bits per heavy atom. The Morgan fingerprint density at radius 3 is 2.65 bits per heavy atom. The van der Waals surface area contributed by atoms with Gasteiger partial charge in [0.25, 0.3) is 0 Å². The van der Waals surface area contributed by atoms with Gasteiger partial charge in [-0.25, -0.2) is 8.42 Å². The largest absolute Gasteiger partial charge is 0.376 e. The van der Waals surface area contributed by atoms with Crippen molar-refractivity contribution in [3.63, 3.8) is 0 Å². The molecular formula is C22H29N3O4S2. The second-order valence-corrected chi connectivity index (χ2v) is 11.5. The summed E-state index contributed by atoms with van der Waals surface area (Å²) in [6.07, 6.45) is 4.20. The van der Waals surface area contributed by atoms with Gasteiger partial charge in [0.2, 0.25) is 15.9 Å². The highest BCUT2D eigenvalue weighted by Crippen LogP contribution is 2.30. The zero-order valence-corrected chi connectivity index (χ0v) is 19.2. The van der Waals surface area contributed by atoms with Crippen LogP contribution in [-0.2, 0) is 19.6 Å². The Morgan fingerprint density at radius 2 is 2.00 bits per heavy atom.